The minimum Gasteiger partial charge on any atom is -0.489 e. The number of rotatable bonds is 4. The van der Waals surface area contributed by atoms with Gasteiger partial charge in [0.25, 0.3) is 0 Å². The van der Waals surface area contributed by atoms with E-state index in [9.17, 15) is 0 Å². The summed E-state index contributed by atoms with van der Waals surface area (Å²) >= 11 is 1.51. The lowest BCUT2D eigenvalue weighted by Crippen LogP contribution is -1.95. The summed E-state index contributed by atoms with van der Waals surface area (Å²) in [5.74, 6) is 0.852. The Labute approximate surface area is 134 Å². The zero-order valence-electron chi connectivity index (χ0n) is 12.7. The van der Waals surface area contributed by atoms with Crippen LogP contribution in [0.4, 0.5) is 5.13 Å². The molecule has 0 aliphatic heterocycles. The second-order valence-corrected chi connectivity index (χ2v) is 6.49. The average molecular weight is 310 g/mol. The van der Waals surface area contributed by atoms with Gasteiger partial charge in [-0.3, -0.25) is 0 Å². The molecule has 4 heteroatoms. The van der Waals surface area contributed by atoms with Gasteiger partial charge in [-0.25, -0.2) is 4.98 Å². The van der Waals surface area contributed by atoms with Crippen LogP contribution >= 0.6 is 11.3 Å². The topological polar surface area (TPSA) is 48.1 Å². The molecule has 0 saturated heterocycles. The van der Waals surface area contributed by atoms with Gasteiger partial charge < -0.3 is 10.5 Å². The highest BCUT2D eigenvalue weighted by Crippen LogP contribution is 2.29. The number of hydrogen-bond acceptors (Lipinski definition) is 4. The molecule has 22 heavy (non-hydrogen) atoms. The minimum atomic E-state index is 0.572. The van der Waals surface area contributed by atoms with Gasteiger partial charge in [-0.05, 0) is 43.7 Å². The highest BCUT2D eigenvalue weighted by molar-refractivity contribution is 7.15. The highest BCUT2D eigenvalue weighted by atomic mass is 32.1. The third-order valence-corrected chi connectivity index (χ3v) is 4.27. The van der Waals surface area contributed by atoms with Crippen molar-refractivity contribution in [1.29, 1.82) is 0 Å². The molecular formula is C18H18N2OS. The van der Waals surface area contributed by atoms with Crippen molar-refractivity contribution >= 4 is 16.5 Å². The van der Waals surface area contributed by atoms with Gasteiger partial charge in [0, 0.05) is 10.4 Å². The quantitative estimate of drug-likeness (QED) is 0.767. The minimum absolute atomic E-state index is 0.572. The van der Waals surface area contributed by atoms with Gasteiger partial charge in [-0.15, -0.1) is 11.3 Å². The summed E-state index contributed by atoms with van der Waals surface area (Å²) < 4.78 is 5.82. The number of hydrogen-bond donors (Lipinski definition) is 1. The van der Waals surface area contributed by atoms with Crippen LogP contribution in [0.25, 0.3) is 11.3 Å². The molecular weight excluding hydrogens is 292 g/mol. The van der Waals surface area contributed by atoms with E-state index in [1.54, 1.807) is 0 Å². The first-order chi connectivity index (χ1) is 10.6. The molecule has 0 bridgehead atoms. The summed E-state index contributed by atoms with van der Waals surface area (Å²) in [6, 6.07) is 16.3. The summed E-state index contributed by atoms with van der Waals surface area (Å²) in [5, 5.41) is 0.604. The molecule has 112 valence electrons. The van der Waals surface area contributed by atoms with Crippen molar-refractivity contribution in [2.24, 2.45) is 0 Å². The maximum Gasteiger partial charge on any atom is 0.180 e. The molecule has 3 rings (SSSR count). The number of aromatic nitrogens is 1. The fourth-order valence-electron chi connectivity index (χ4n) is 2.24. The van der Waals surface area contributed by atoms with E-state index in [0.29, 0.717) is 11.7 Å². The van der Waals surface area contributed by atoms with Crippen molar-refractivity contribution in [2.75, 3.05) is 5.73 Å². The maximum atomic E-state index is 5.82. The molecule has 0 radical (unpaired) electrons. The Hall–Kier alpha value is -2.33. The van der Waals surface area contributed by atoms with E-state index in [2.05, 4.69) is 36.2 Å². The van der Waals surface area contributed by atoms with Crippen LogP contribution in [0.5, 0.6) is 5.75 Å². The Morgan fingerprint density at radius 2 is 1.68 bits per heavy atom. The Morgan fingerprint density at radius 1 is 1.00 bits per heavy atom. The van der Waals surface area contributed by atoms with Crippen molar-refractivity contribution < 1.29 is 4.74 Å². The number of nitrogens with zero attached hydrogens (tertiary/aromatic N) is 1. The fraction of sp³-hybridized carbons (Fsp3) is 0.167. The van der Waals surface area contributed by atoms with Crippen LogP contribution in [0.2, 0.25) is 0 Å². The van der Waals surface area contributed by atoms with Crippen molar-refractivity contribution in [3.05, 3.63) is 64.5 Å². The van der Waals surface area contributed by atoms with Crippen LogP contribution in [-0.4, -0.2) is 4.98 Å². The van der Waals surface area contributed by atoms with Crippen LogP contribution < -0.4 is 10.5 Å². The number of thiazole rings is 1. The summed E-state index contributed by atoms with van der Waals surface area (Å²) in [6.45, 7) is 4.68. The molecule has 0 fully saturated rings. The number of aryl methyl sites for hydroxylation is 2. The molecule has 0 atom stereocenters. The first-order valence-electron chi connectivity index (χ1n) is 7.13. The zero-order valence-corrected chi connectivity index (χ0v) is 13.5. The SMILES string of the molecule is Cc1ccc(COc2ccc(-c3nc(N)sc3C)cc2)cc1. The van der Waals surface area contributed by atoms with E-state index in [4.69, 9.17) is 10.5 Å². The number of nitrogen functional groups attached to an aromatic ring is 1. The van der Waals surface area contributed by atoms with Crippen molar-refractivity contribution in [3.63, 3.8) is 0 Å². The third kappa shape index (κ3) is 3.28. The highest BCUT2D eigenvalue weighted by Gasteiger charge is 2.08. The molecule has 3 aromatic rings. The second kappa shape index (κ2) is 6.20. The average Bonchev–Trinajstić information content (AvgIpc) is 2.86. The van der Waals surface area contributed by atoms with E-state index >= 15 is 0 Å². The molecule has 0 unspecified atom stereocenters. The summed E-state index contributed by atoms with van der Waals surface area (Å²) in [7, 11) is 0. The van der Waals surface area contributed by atoms with E-state index < -0.39 is 0 Å². The van der Waals surface area contributed by atoms with Gasteiger partial charge in [0.15, 0.2) is 5.13 Å². The third-order valence-electron chi connectivity index (χ3n) is 3.47. The van der Waals surface area contributed by atoms with Gasteiger partial charge in [0.1, 0.15) is 12.4 Å². The standard InChI is InChI=1S/C18H18N2OS/c1-12-3-5-14(6-4-12)11-21-16-9-7-15(8-10-16)17-13(2)22-18(19)20-17/h3-10H,11H2,1-2H3,(H2,19,20). The maximum absolute atomic E-state index is 5.82. The molecule has 0 aliphatic rings. The van der Waals surface area contributed by atoms with Crippen LogP contribution in [-0.2, 0) is 6.61 Å². The Kier molecular flexibility index (Phi) is 4.11. The number of anilines is 1. The normalized spacial score (nSPS) is 10.6. The van der Waals surface area contributed by atoms with Gasteiger partial charge in [0.2, 0.25) is 0 Å². The molecule has 1 aromatic heterocycles. The molecule has 3 nitrogen and oxygen atoms in total. The molecule has 0 saturated carbocycles. The Morgan fingerprint density at radius 3 is 2.27 bits per heavy atom. The Balaban J connectivity index is 1.69. The smallest absolute Gasteiger partial charge is 0.180 e. The van der Waals surface area contributed by atoms with Crippen molar-refractivity contribution in [2.45, 2.75) is 20.5 Å². The lowest BCUT2D eigenvalue weighted by Gasteiger charge is -2.07. The fourth-order valence-corrected chi connectivity index (χ4v) is 2.96. The number of ether oxygens (including phenoxy) is 1. The predicted molar refractivity (Wildman–Crippen MR) is 92.2 cm³/mol. The van der Waals surface area contributed by atoms with E-state index in [1.165, 1.54) is 16.9 Å². The molecule has 0 amide bonds. The predicted octanol–water partition coefficient (Wildman–Crippen LogP) is 4.59. The molecule has 2 N–H and O–H groups in total. The van der Waals surface area contributed by atoms with E-state index in [-0.39, 0.29) is 0 Å². The van der Waals surface area contributed by atoms with Gasteiger partial charge in [-0.1, -0.05) is 29.8 Å². The van der Waals surface area contributed by atoms with E-state index in [0.717, 1.165) is 27.4 Å². The second-order valence-electron chi connectivity index (χ2n) is 5.26. The largest absolute Gasteiger partial charge is 0.489 e. The van der Waals surface area contributed by atoms with Crippen LogP contribution in [0.3, 0.4) is 0 Å². The molecule has 0 spiro atoms. The number of benzene rings is 2. The van der Waals surface area contributed by atoms with Gasteiger partial charge in [-0.2, -0.15) is 0 Å². The first-order valence-corrected chi connectivity index (χ1v) is 7.95. The number of nitrogens with two attached hydrogens (primary N) is 1. The zero-order chi connectivity index (χ0) is 15.5. The summed E-state index contributed by atoms with van der Waals surface area (Å²) in [5.41, 5.74) is 10.2. The van der Waals surface area contributed by atoms with Gasteiger partial charge in [0.05, 0.1) is 5.69 Å². The van der Waals surface area contributed by atoms with Crippen molar-refractivity contribution in [3.8, 4) is 17.0 Å². The summed E-state index contributed by atoms with van der Waals surface area (Å²) in [6.07, 6.45) is 0. The lowest BCUT2D eigenvalue weighted by molar-refractivity contribution is 0.306. The molecule has 0 aliphatic carbocycles. The Bertz CT molecular complexity index is 761. The monoisotopic (exact) mass is 310 g/mol. The van der Waals surface area contributed by atoms with Crippen LogP contribution in [0.1, 0.15) is 16.0 Å². The van der Waals surface area contributed by atoms with E-state index in [1.807, 2.05) is 31.2 Å². The molecule has 1 heterocycles. The summed E-state index contributed by atoms with van der Waals surface area (Å²) in [4.78, 5) is 5.50. The van der Waals surface area contributed by atoms with Crippen molar-refractivity contribution in [1.82, 2.24) is 4.98 Å². The lowest BCUT2D eigenvalue weighted by atomic mass is 10.1. The van der Waals surface area contributed by atoms with Crippen LogP contribution in [0.15, 0.2) is 48.5 Å². The van der Waals surface area contributed by atoms with Crippen LogP contribution in [0, 0.1) is 13.8 Å². The first kappa shape index (κ1) is 14.6. The molecule has 2 aromatic carbocycles. The van der Waals surface area contributed by atoms with Gasteiger partial charge >= 0.3 is 0 Å².